The molecule has 202 valence electrons. The maximum atomic E-state index is 10.7. The fourth-order valence-corrected chi connectivity index (χ4v) is 6.50. The number of ether oxygens (including phenoxy) is 2. The number of aromatic nitrogens is 1. The van der Waals surface area contributed by atoms with Crippen molar-refractivity contribution in [1.82, 2.24) is 9.88 Å². The van der Waals surface area contributed by atoms with Crippen LogP contribution in [-0.4, -0.2) is 60.9 Å². The number of hydrogen-bond donors (Lipinski definition) is 1. The third-order valence-corrected chi connectivity index (χ3v) is 8.91. The first-order valence-corrected chi connectivity index (χ1v) is 14.6. The normalized spacial score (nSPS) is 13.8. The van der Waals surface area contributed by atoms with Crippen molar-refractivity contribution < 1.29 is 19.4 Å². The Labute approximate surface area is 237 Å². The molecule has 1 fully saturated rings. The van der Waals surface area contributed by atoms with Crippen LogP contribution in [0.15, 0.2) is 83.8 Å². The van der Waals surface area contributed by atoms with Crippen LogP contribution in [0.3, 0.4) is 0 Å². The van der Waals surface area contributed by atoms with Gasteiger partial charge in [-0.15, -0.1) is 23.1 Å². The quantitative estimate of drug-likeness (QED) is 0.227. The molecule has 0 unspecified atom stereocenters. The number of carboxylic acids is 1. The molecule has 0 spiro atoms. The van der Waals surface area contributed by atoms with Gasteiger partial charge in [0.15, 0.2) is 6.61 Å². The zero-order chi connectivity index (χ0) is 27.0. The second-order valence-corrected chi connectivity index (χ2v) is 11.3. The second-order valence-electron chi connectivity index (χ2n) is 9.16. The van der Waals surface area contributed by atoms with Crippen LogP contribution in [0.25, 0.3) is 10.6 Å². The molecule has 1 N–H and O–H groups in total. The molecule has 0 radical (unpaired) electrons. The number of thiazole rings is 1. The molecule has 1 aliphatic heterocycles. The van der Waals surface area contributed by atoms with Gasteiger partial charge in [0, 0.05) is 59.5 Å². The Kier molecular flexibility index (Phi) is 9.03. The molecule has 0 saturated carbocycles. The molecule has 1 aromatic heterocycles. The Morgan fingerprint density at radius 1 is 0.949 bits per heavy atom. The van der Waals surface area contributed by atoms with E-state index in [9.17, 15) is 4.79 Å². The van der Waals surface area contributed by atoms with Crippen LogP contribution in [0.4, 0.5) is 5.69 Å². The zero-order valence-electron chi connectivity index (χ0n) is 21.8. The lowest BCUT2D eigenvalue weighted by atomic mass is 10.2. The van der Waals surface area contributed by atoms with Crippen molar-refractivity contribution in [3.63, 3.8) is 0 Å². The molecule has 39 heavy (non-hydrogen) atoms. The van der Waals surface area contributed by atoms with E-state index < -0.39 is 5.97 Å². The summed E-state index contributed by atoms with van der Waals surface area (Å²) in [6, 6.07) is 26.2. The van der Waals surface area contributed by atoms with Gasteiger partial charge in [-0.05, 0) is 48.5 Å². The monoisotopic (exact) mass is 561 g/mol. The zero-order valence-corrected chi connectivity index (χ0v) is 23.4. The molecule has 2 heterocycles. The summed E-state index contributed by atoms with van der Waals surface area (Å²) in [4.78, 5) is 23.1. The van der Waals surface area contributed by atoms with Crippen molar-refractivity contribution in [3.8, 4) is 22.1 Å². The molecule has 0 amide bonds. The minimum Gasteiger partial charge on any atom is -0.497 e. The minimum absolute atomic E-state index is 0.340. The SMILES string of the molecule is COc1ccc(N2CCN(Cc3nc(-c4ccccc4)sc3CSc3ccc(OCC(=O)O)cc3)CC2)cc1. The summed E-state index contributed by atoms with van der Waals surface area (Å²) in [6.07, 6.45) is 0. The summed E-state index contributed by atoms with van der Waals surface area (Å²) >= 11 is 3.52. The smallest absolute Gasteiger partial charge is 0.341 e. The number of methoxy groups -OCH3 is 1. The standard InChI is InChI=1S/C30H31N3O4S2/c1-36-24-9-7-23(8-10-24)33-17-15-32(16-18-33)19-27-28(39-30(31-27)22-5-3-2-4-6-22)21-38-26-13-11-25(12-14-26)37-20-29(34)35/h2-14H,15-21H2,1H3,(H,34,35). The van der Waals surface area contributed by atoms with Crippen LogP contribution in [0.1, 0.15) is 10.6 Å². The molecule has 9 heteroatoms. The largest absolute Gasteiger partial charge is 0.497 e. The topological polar surface area (TPSA) is 75.1 Å². The molecule has 0 aliphatic carbocycles. The predicted molar refractivity (Wildman–Crippen MR) is 157 cm³/mol. The summed E-state index contributed by atoms with van der Waals surface area (Å²) < 4.78 is 10.6. The van der Waals surface area contributed by atoms with E-state index in [1.807, 2.05) is 42.5 Å². The van der Waals surface area contributed by atoms with Gasteiger partial charge in [0.25, 0.3) is 0 Å². The van der Waals surface area contributed by atoms with Crippen LogP contribution in [0.2, 0.25) is 0 Å². The van der Waals surface area contributed by atoms with Gasteiger partial charge in [0.05, 0.1) is 12.8 Å². The third kappa shape index (κ3) is 7.32. The van der Waals surface area contributed by atoms with Gasteiger partial charge >= 0.3 is 5.97 Å². The summed E-state index contributed by atoms with van der Waals surface area (Å²) in [7, 11) is 1.69. The van der Waals surface area contributed by atoms with Crippen molar-refractivity contribution in [3.05, 3.63) is 89.4 Å². The minimum atomic E-state index is -0.984. The highest BCUT2D eigenvalue weighted by atomic mass is 32.2. The summed E-state index contributed by atoms with van der Waals surface area (Å²) in [5.74, 6) is 1.27. The Bertz CT molecular complexity index is 1350. The van der Waals surface area contributed by atoms with Gasteiger partial charge in [-0.3, -0.25) is 4.90 Å². The van der Waals surface area contributed by atoms with Crippen molar-refractivity contribution >= 4 is 34.8 Å². The van der Waals surface area contributed by atoms with Crippen molar-refractivity contribution in [2.24, 2.45) is 0 Å². The van der Waals surface area contributed by atoms with Crippen LogP contribution >= 0.6 is 23.1 Å². The average Bonchev–Trinajstić information content (AvgIpc) is 3.39. The van der Waals surface area contributed by atoms with E-state index in [1.165, 1.54) is 10.6 Å². The van der Waals surface area contributed by atoms with Gasteiger partial charge in [0.2, 0.25) is 0 Å². The summed E-state index contributed by atoms with van der Waals surface area (Å²) in [5.41, 5.74) is 3.52. The molecular formula is C30H31N3O4S2. The Morgan fingerprint density at radius 2 is 1.64 bits per heavy atom. The number of hydrogen-bond acceptors (Lipinski definition) is 8. The molecule has 1 aliphatic rings. The molecule has 3 aromatic carbocycles. The first-order valence-electron chi connectivity index (χ1n) is 12.8. The number of carbonyl (C=O) groups is 1. The van der Waals surface area contributed by atoms with Crippen LogP contribution in [-0.2, 0) is 17.1 Å². The number of benzene rings is 3. The molecule has 5 rings (SSSR count). The maximum absolute atomic E-state index is 10.7. The fourth-order valence-electron chi connectivity index (χ4n) is 4.42. The van der Waals surface area contributed by atoms with E-state index in [4.69, 9.17) is 19.6 Å². The van der Waals surface area contributed by atoms with Crippen LogP contribution in [0.5, 0.6) is 11.5 Å². The fraction of sp³-hybridized carbons (Fsp3) is 0.267. The van der Waals surface area contributed by atoms with E-state index >= 15 is 0 Å². The number of piperazine rings is 1. The van der Waals surface area contributed by atoms with Crippen LogP contribution < -0.4 is 14.4 Å². The number of thioether (sulfide) groups is 1. The molecule has 0 atom stereocenters. The van der Waals surface area contributed by atoms with Gasteiger partial charge in [-0.25, -0.2) is 9.78 Å². The summed E-state index contributed by atoms with van der Waals surface area (Å²) in [6.45, 7) is 4.40. The van der Waals surface area contributed by atoms with Crippen molar-refractivity contribution in [2.45, 2.75) is 17.2 Å². The Balaban J connectivity index is 1.24. The van der Waals surface area contributed by atoms with E-state index in [0.717, 1.165) is 65.4 Å². The first kappa shape index (κ1) is 27.1. The lowest BCUT2D eigenvalue weighted by Gasteiger charge is -2.36. The number of rotatable bonds is 11. The highest BCUT2D eigenvalue weighted by molar-refractivity contribution is 7.98. The molecular weight excluding hydrogens is 530 g/mol. The number of aliphatic carboxylic acids is 1. The number of carboxylic acid groups (broad SMARTS) is 1. The van der Waals surface area contributed by atoms with Gasteiger partial charge in [-0.2, -0.15) is 0 Å². The molecule has 1 saturated heterocycles. The highest BCUT2D eigenvalue weighted by Crippen LogP contribution is 2.34. The average molecular weight is 562 g/mol. The van der Waals surface area contributed by atoms with E-state index in [0.29, 0.717) is 5.75 Å². The van der Waals surface area contributed by atoms with Gasteiger partial charge in [-0.1, -0.05) is 30.3 Å². The van der Waals surface area contributed by atoms with Crippen LogP contribution in [0, 0.1) is 0 Å². The molecule has 4 aromatic rings. The van der Waals surface area contributed by atoms with E-state index in [1.54, 1.807) is 30.2 Å². The first-order chi connectivity index (χ1) is 19.1. The van der Waals surface area contributed by atoms with Crippen molar-refractivity contribution in [1.29, 1.82) is 0 Å². The lowest BCUT2D eigenvalue weighted by molar-refractivity contribution is -0.139. The number of anilines is 1. The van der Waals surface area contributed by atoms with Gasteiger partial charge < -0.3 is 19.5 Å². The third-order valence-electron chi connectivity index (χ3n) is 6.54. The Morgan fingerprint density at radius 3 is 2.31 bits per heavy atom. The van der Waals surface area contributed by atoms with E-state index in [-0.39, 0.29) is 6.61 Å². The van der Waals surface area contributed by atoms with Gasteiger partial charge in [0.1, 0.15) is 16.5 Å². The Hall–Kier alpha value is -3.53. The highest BCUT2D eigenvalue weighted by Gasteiger charge is 2.21. The number of nitrogens with zero attached hydrogens (tertiary/aromatic N) is 3. The van der Waals surface area contributed by atoms with E-state index in [2.05, 4.69) is 46.2 Å². The maximum Gasteiger partial charge on any atom is 0.341 e. The molecule has 0 bridgehead atoms. The lowest BCUT2D eigenvalue weighted by Crippen LogP contribution is -2.46. The molecule has 7 nitrogen and oxygen atoms in total. The second kappa shape index (κ2) is 13.0. The van der Waals surface area contributed by atoms with Crippen molar-refractivity contribution in [2.75, 3.05) is 44.8 Å². The summed E-state index contributed by atoms with van der Waals surface area (Å²) in [5, 5.41) is 9.86. The predicted octanol–water partition coefficient (Wildman–Crippen LogP) is 5.90.